The van der Waals surface area contributed by atoms with Crippen LogP contribution in [0.5, 0.6) is 0 Å². The Morgan fingerprint density at radius 1 is 1.19 bits per heavy atom. The van der Waals surface area contributed by atoms with Gasteiger partial charge in [0.05, 0.1) is 11.6 Å². The van der Waals surface area contributed by atoms with Crippen LogP contribution >= 0.6 is 23.8 Å². The fraction of sp³-hybridized carbons (Fsp3) is 0.308. The van der Waals surface area contributed by atoms with Gasteiger partial charge in [-0.05, 0) is 85.4 Å². The molecule has 3 aromatic rings. The summed E-state index contributed by atoms with van der Waals surface area (Å²) in [4.78, 5) is 7.20. The quantitative estimate of drug-likeness (QED) is 0.369. The largest absolute Gasteiger partial charge is 0.354 e. The van der Waals surface area contributed by atoms with Crippen molar-refractivity contribution in [3.8, 4) is 0 Å². The molecule has 0 spiro atoms. The van der Waals surface area contributed by atoms with E-state index in [4.69, 9.17) is 23.8 Å². The van der Waals surface area contributed by atoms with Crippen molar-refractivity contribution in [3.63, 3.8) is 0 Å². The number of nitrogens with one attached hydrogen (secondary N) is 2. The molecule has 6 rings (SSSR count). The maximum absolute atomic E-state index is 6.03. The first-order valence-electron chi connectivity index (χ1n) is 11.2. The molecule has 2 aromatic carbocycles. The fourth-order valence-corrected chi connectivity index (χ4v) is 5.71. The Labute approximate surface area is 199 Å². The number of rotatable bonds is 5. The van der Waals surface area contributed by atoms with Crippen LogP contribution in [-0.2, 0) is 0 Å². The van der Waals surface area contributed by atoms with Crippen molar-refractivity contribution in [1.29, 1.82) is 0 Å². The van der Waals surface area contributed by atoms with Gasteiger partial charge in [0.25, 0.3) is 0 Å². The molecule has 4 nitrogen and oxygen atoms in total. The smallest absolute Gasteiger partial charge is 0.171 e. The lowest BCUT2D eigenvalue weighted by atomic mass is 9.73. The highest BCUT2D eigenvalue weighted by molar-refractivity contribution is 7.80. The lowest BCUT2D eigenvalue weighted by Gasteiger charge is -2.52. The van der Waals surface area contributed by atoms with E-state index in [9.17, 15) is 0 Å². The maximum atomic E-state index is 6.03. The number of para-hydroxylation sites is 1. The predicted molar refractivity (Wildman–Crippen MR) is 137 cm³/mol. The van der Waals surface area contributed by atoms with Crippen LogP contribution in [0.15, 0.2) is 73.4 Å². The number of fused-ring (bicyclic) bond motifs is 4. The molecule has 2 N–H and O–H groups in total. The highest BCUT2D eigenvalue weighted by Crippen LogP contribution is 2.42. The van der Waals surface area contributed by atoms with E-state index >= 15 is 0 Å². The summed E-state index contributed by atoms with van der Waals surface area (Å²) < 4.78 is 0. The molecule has 6 heteroatoms. The highest BCUT2D eigenvalue weighted by atomic mass is 35.5. The van der Waals surface area contributed by atoms with Gasteiger partial charge in [-0.1, -0.05) is 35.9 Å². The third kappa shape index (κ3) is 4.25. The number of benzene rings is 2. The third-order valence-electron chi connectivity index (χ3n) is 6.95. The van der Waals surface area contributed by atoms with Gasteiger partial charge in [0.15, 0.2) is 5.11 Å². The summed E-state index contributed by atoms with van der Waals surface area (Å²) >= 11 is 11.8. The minimum atomic E-state index is 0.0590. The van der Waals surface area contributed by atoms with Crippen LogP contribution in [-0.4, -0.2) is 34.1 Å². The zero-order valence-electron chi connectivity index (χ0n) is 17.9. The van der Waals surface area contributed by atoms with Crippen molar-refractivity contribution in [2.24, 2.45) is 11.8 Å². The molecule has 3 saturated heterocycles. The second-order valence-electron chi connectivity index (χ2n) is 8.75. The van der Waals surface area contributed by atoms with Crippen LogP contribution in [0.4, 0.5) is 5.69 Å². The van der Waals surface area contributed by atoms with Crippen LogP contribution in [0.25, 0.3) is 10.9 Å². The van der Waals surface area contributed by atoms with Gasteiger partial charge in [-0.25, -0.2) is 0 Å². The Morgan fingerprint density at radius 2 is 2.00 bits per heavy atom. The van der Waals surface area contributed by atoms with Crippen LogP contribution in [0.3, 0.4) is 0 Å². The van der Waals surface area contributed by atoms with E-state index < -0.39 is 0 Å². The Hall–Kier alpha value is -2.47. The summed E-state index contributed by atoms with van der Waals surface area (Å²) in [5.41, 5.74) is 3.17. The van der Waals surface area contributed by atoms with Crippen LogP contribution in [0.2, 0.25) is 5.02 Å². The molecule has 32 heavy (non-hydrogen) atoms. The number of anilines is 1. The Bertz CT molecular complexity index is 1130. The van der Waals surface area contributed by atoms with E-state index in [2.05, 4.69) is 57.4 Å². The molecule has 4 unspecified atom stereocenters. The van der Waals surface area contributed by atoms with Gasteiger partial charge < -0.3 is 10.6 Å². The monoisotopic (exact) mass is 462 g/mol. The number of aromatic nitrogens is 1. The average Bonchev–Trinajstić information content (AvgIpc) is 2.84. The zero-order chi connectivity index (χ0) is 22.1. The van der Waals surface area contributed by atoms with Crippen molar-refractivity contribution < 1.29 is 0 Å². The van der Waals surface area contributed by atoms with Gasteiger partial charge in [-0.2, -0.15) is 0 Å². The van der Waals surface area contributed by atoms with Crippen LogP contribution < -0.4 is 10.6 Å². The number of piperidine rings is 3. The number of hydrogen-bond acceptors (Lipinski definition) is 3. The lowest BCUT2D eigenvalue weighted by Crippen LogP contribution is -2.57. The van der Waals surface area contributed by atoms with Crippen LogP contribution in [0.1, 0.15) is 24.4 Å². The van der Waals surface area contributed by atoms with Gasteiger partial charge in [-0.3, -0.25) is 9.88 Å². The van der Waals surface area contributed by atoms with E-state index in [1.165, 1.54) is 17.4 Å². The Kier molecular flexibility index (Phi) is 6.13. The lowest BCUT2D eigenvalue weighted by molar-refractivity contribution is 0.00443. The molecule has 2 bridgehead atoms. The first kappa shape index (κ1) is 21.4. The number of hydrogen-bond donors (Lipinski definition) is 2. The van der Waals surface area contributed by atoms with Gasteiger partial charge in [-0.15, -0.1) is 6.58 Å². The number of halogens is 1. The molecule has 0 amide bonds. The Morgan fingerprint density at radius 3 is 2.75 bits per heavy atom. The van der Waals surface area contributed by atoms with Gasteiger partial charge in [0.1, 0.15) is 0 Å². The SMILES string of the molecule is C=CC1CN2CCC1CC2[C@H](NC(=S)Nc1ccc(Cl)cc1)c1ccnc2ccccc12. The number of pyridine rings is 1. The van der Waals surface area contributed by atoms with Crippen LogP contribution in [0, 0.1) is 11.8 Å². The maximum Gasteiger partial charge on any atom is 0.171 e. The standard InChI is InChI=1S/C26H27ClN4S/c1-2-17-16-31-14-12-18(17)15-24(31)25(22-11-13-28-23-6-4-3-5-21(22)23)30-26(32)29-20-9-7-19(27)8-10-20/h2-11,13,17-18,24-25H,1,12,14-16H2,(H2,29,30,32)/t17?,18?,24?,25-/m1/s1. The van der Waals surface area contributed by atoms with Crippen molar-refractivity contribution in [3.05, 3.63) is 84.0 Å². The molecule has 3 fully saturated rings. The first-order chi connectivity index (χ1) is 15.6. The minimum Gasteiger partial charge on any atom is -0.354 e. The molecule has 4 heterocycles. The summed E-state index contributed by atoms with van der Waals surface area (Å²) in [5, 5.41) is 9.49. The van der Waals surface area contributed by atoms with Gasteiger partial charge in [0.2, 0.25) is 0 Å². The summed E-state index contributed by atoms with van der Waals surface area (Å²) in [6.07, 6.45) is 6.42. The third-order valence-corrected chi connectivity index (χ3v) is 7.42. The highest BCUT2D eigenvalue weighted by Gasteiger charge is 2.43. The topological polar surface area (TPSA) is 40.2 Å². The van der Waals surface area contributed by atoms with Crippen molar-refractivity contribution >= 4 is 45.5 Å². The molecule has 3 aliphatic heterocycles. The molecular weight excluding hydrogens is 436 g/mol. The van der Waals surface area contributed by atoms with E-state index in [0.29, 0.717) is 28.0 Å². The molecular formula is C26H27ClN4S. The molecule has 1 aromatic heterocycles. The summed E-state index contributed by atoms with van der Waals surface area (Å²) in [6.45, 7) is 6.27. The molecule has 5 atom stereocenters. The van der Waals surface area contributed by atoms with Crippen molar-refractivity contribution in [2.45, 2.75) is 24.9 Å². The van der Waals surface area contributed by atoms with E-state index in [-0.39, 0.29) is 6.04 Å². The second-order valence-corrected chi connectivity index (χ2v) is 9.59. The average molecular weight is 463 g/mol. The Balaban J connectivity index is 1.47. The van der Waals surface area contributed by atoms with E-state index in [1.54, 1.807) is 0 Å². The molecule has 0 aliphatic carbocycles. The second kappa shape index (κ2) is 9.18. The number of nitrogens with zero attached hydrogens (tertiary/aromatic N) is 2. The van der Waals surface area contributed by atoms with Gasteiger partial charge >= 0.3 is 0 Å². The summed E-state index contributed by atoms with van der Waals surface area (Å²) in [6, 6.07) is 18.5. The minimum absolute atomic E-state index is 0.0590. The van der Waals surface area contributed by atoms with E-state index in [0.717, 1.165) is 30.7 Å². The molecule has 164 valence electrons. The number of thiocarbonyl (C=S) groups is 1. The predicted octanol–water partition coefficient (Wildman–Crippen LogP) is 5.81. The molecule has 0 saturated carbocycles. The first-order valence-corrected chi connectivity index (χ1v) is 11.9. The van der Waals surface area contributed by atoms with Crippen molar-refractivity contribution in [2.75, 3.05) is 18.4 Å². The molecule has 0 radical (unpaired) electrons. The van der Waals surface area contributed by atoms with E-state index in [1.807, 2.05) is 36.5 Å². The summed E-state index contributed by atoms with van der Waals surface area (Å²) in [5.74, 6) is 1.26. The zero-order valence-corrected chi connectivity index (χ0v) is 19.4. The molecule has 3 aliphatic rings. The normalized spacial score (nSPS) is 25.3. The summed E-state index contributed by atoms with van der Waals surface area (Å²) in [7, 11) is 0. The fourth-order valence-electron chi connectivity index (χ4n) is 5.34. The van der Waals surface area contributed by atoms with Gasteiger partial charge in [0, 0.05) is 34.9 Å². The van der Waals surface area contributed by atoms with Crippen molar-refractivity contribution in [1.82, 2.24) is 15.2 Å².